The summed E-state index contributed by atoms with van der Waals surface area (Å²) in [5.74, 6) is 6.11. The fourth-order valence-electron chi connectivity index (χ4n) is 1.37. The van der Waals surface area contributed by atoms with E-state index < -0.39 is 0 Å². The molecule has 0 saturated heterocycles. The second kappa shape index (κ2) is 4.75. The van der Waals surface area contributed by atoms with Gasteiger partial charge in [0, 0.05) is 5.92 Å². The van der Waals surface area contributed by atoms with Gasteiger partial charge in [-0.05, 0) is 25.7 Å². The summed E-state index contributed by atoms with van der Waals surface area (Å²) in [6.45, 7) is 1.79. The lowest BCUT2D eigenvalue weighted by molar-refractivity contribution is -0.116. The van der Waals surface area contributed by atoms with Gasteiger partial charge in [0.1, 0.15) is 0 Å². The molecule has 6 nitrogen and oxygen atoms in total. The van der Waals surface area contributed by atoms with Crippen molar-refractivity contribution in [3.8, 4) is 11.8 Å². The van der Waals surface area contributed by atoms with Crippen LogP contribution in [0.4, 0.5) is 0 Å². The lowest BCUT2D eigenvalue weighted by Crippen LogP contribution is -2.26. The molecular weight excluding hydrogens is 206 g/mol. The standard InChI is InChI=1S/C10H13N5O/c1-7(10-12-14-15-13-10)11-9(16)6-5-8-3-2-4-8/h7-8H,2-4H2,1H3,(H,11,16)(H,12,13,14,15). The fraction of sp³-hybridized carbons (Fsp3) is 0.600. The lowest BCUT2D eigenvalue weighted by Gasteiger charge is -2.18. The Hall–Kier alpha value is -1.90. The third kappa shape index (κ3) is 2.57. The maximum Gasteiger partial charge on any atom is 0.296 e. The van der Waals surface area contributed by atoms with Crippen LogP contribution in [0.3, 0.4) is 0 Å². The number of carbonyl (C=O) groups excluding carboxylic acids is 1. The number of aromatic nitrogens is 4. The molecule has 0 spiro atoms. The first-order valence-electron chi connectivity index (χ1n) is 5.31. The molecule has 0 aromatic carbocycles. The van der Waals surface area contributed by atoms with Gasteiger partial charge in [-0.15, -0.1) is 10.2 Å². The van der Waals surface area contributed by atoms with E-state index in [4.69, 9.17) is 0 Å². The van der Waals surface area contributed by atoms with Gasteiger partial charge >= 0.3 is 0 Å². The number of amides is 1. The van der Waals surface area contributed by atoms with Crippen LogP contribution in [0.25, 0.3) is 0 Å². The number of aromatic amines is 1. The monoisotopic (exact) mass is 219 g/mol. The Balaban J connectivity index is 1.84. The summed E-state index contributed by atoms with van der Waals surface area (Å²) < 4.78 is 0. The summed E-state index contributed by atoms with van der Waals surface area (Å²) in [5.41, 5.74) is 0. The van der Waals surface area contributed by atoms with E-state index >= 15 is 0 Å². The lowest BCUT2D eigenvalue weighted by atomic mass is 9.86. The van der Waals surface area contributed by atoms with Crippen LogP contribution in [0.5, 0.6) is 0 Å². The van der Waals surface area contributed by atoms with E-state index in [2.05, 4.69) is 37.8 Å². The average Bonchev–Trinajstić information content (AvgIpc) is 2.67. The molecule has 1 fully saturated rings. The number of hydrogen-bond donors (Lipinski definition) is 2. The molecule has 0 bridgehead atoms. The first-order chi connectivity index (χ1) is 7.75. The van der Waals surface area contributed by atoms with E-state index in [1.165, 1.54) is 6.42 Å². The van der Waals surface area contributed by atoms with Gasteiger partial charge in [0.25, 0.3) is 5.91 Å². The number of nitrogens with one attached hydrogen (secondary N) is 2. The van der Waals surface area contributed by atoms with Gasteiger partial charge in [0.05, 0.1) is 6.04 Å². The molecule has 1 aromatic heterocycles. The average molecular weight is 219 g/mol. The van der Waals surface area contributed by atoms with E-state index in [0.717, 1.165) is 12.8 Å². The van der Waals surface area contributed by atoms with Gasteiger partial charge in [-0.2, -0.15) is 5.21 Å². The number of carbonyl (C=O) groups is 1. The predicted molar refractivity (Wildman–Crippen MR) is 55.9 cm³/mol. The van der Waals surface area contributed by atoms with Crippen LogP contribution in [0.1, 0.15) is 38.1 Å². The Bertz CT molecular complexity index is 412. The maximum absolute atomic E-state index is 11.4. The molecule has 1 unspecified atom stereocenters. The SMILES string of the molecule is CC(NC(=O)C#CC1CCC1)c1nn[nH]n1. The van der Waals surface area contributed by atoms with Gasteiger partial charge < -0.3 is 5.32 Å². The minimum absolute atomic E-state index is 0.276. The summed E-state index contributed by atoms with van der Waals surface area (Å²) in [6.07, 6.45) is 3.45. The number of rotatable bonds is 2. The van der Waals surface area contributed by atoms with Gasteiger partial charge in [-0.25, -0.2) is 0 Å². The molecule has 1 atom stereocenters. The van der Waals surface area contributed by atoms with E-state index in [1.54, 1.807) is 6.92 Å². The molecule has 6 heteroatoms. The molecule has 1 aliphatic rings. The van der Waals surface area contributed by atoms with E-state index in [0.29, 0.717) is 11.7 Å². The number of H-pyrrole nitrogens is 1. The van der Waals surface area contributed by atoms with Crippen molar-refractivity contribution >= 4 is 5.91 Å². The number of nitrogens with zero attached hydrogens (tertiary/aromatic N) is 3. The zero-order valence-electron chi connectivity index (χ0n) is 9.03. The van der Waals surface area contributed by atoms with Gasteiger partial charge in [-0.1, -0.05) is 17.6 Å². The third-order valence-electron chi connectivity index (χ3n) is 2.59. The second-order valence-corrected chi connectivity index (χ2v) is 3.86. The zero-order chi connectivity index (χ0) is 11.4. The third-order valence-corrected chi connectivity index (χ3v) is 2.59. The molecule has 1 aliphatic carbocycles. The number of hydrogen-bond acceptors (Lipinski definition) is 4. The van der Waals surface area contributed by atoms with E-state index in [9.17, 15) is 4.79 Å². The van der Waals surface area contributed by atoms with Crippen molar-refractivity contribution in [2.75, 3.05) is 0 Å². The molecule has 84 valence electrons. The summed E-state index contributed by atoms with van der Waals surface area (Å²) in [6, 6.07) is -0.276. The highest BCUT2D eigenvalue weighted by molar-refractivity contribution is 5.93. The summed E-state index contributed by atoms with van der Waals surface area (Å²) in [4.78, 5) is 11.4. The van der Waals surface area contributed by atoms with Gasteiger partial charge in [-0.3, -0.25) is 4.79 Å². The normalized spacial score (nSPS) is 16.8. The topological polar surface area (TPSA) is 83.6 Å². The van der Waals surface area contributed by atoms with E-state index in [-0.39, 0.29) is 11.9 Å². The molecule has 2 N–H and O–H groups in total. The molecule has 2 rings (SSSR count). The van der Waals surface area contributed by atoms with Crippen LogP contribution in [0.15, 0.2) is 0 Å². The first kappa shape index (κ1) is 10.6. The van der Waals surface area contributed by atoms with Crippen molar-refractivity contribution in [3.63, 3.8) is 0 Å². The van der Waals surface area contributed by atoms with Crippen molar-refractivity contribution in [1.29, 1.82) is 0 Å². The maximum atomic E-state index is 11.4. The highest BCUT2D eigenvalue weighted by Gasteiger charge is 2.15. The van der Waals surface area contributed by atoms with Crippen molar-refractivity contribution in [1.82, 2.24) is 25.9 Å². The number of tetrazole rings is 1. The Morgan fingerprint density at radius 2 is 2.44 bits per heavy atom. The van der Waals surface area contributed by atoms with Crippen LogP contribution >= 0.6 is 0 Å². The van der Waals surface area contributed by atoms with Crippen LogP contribution in [-0.2, 0) is 4.79 Å². The second-order valence-electron chi connectivity index (χ2n) is 3.86. The molecule has 1 heterocycles. The smallest absolute Gasteiger partial charge is 0.296 e. The zero-order valence-corrected chi connectivity index (χ0v) is 9.03. The Labute approximate surface area is 93.2 Å². The predicted octanol–water partition coefficient (Wildman–Crippen LogP) is 0.180. The first-order valence-corrected chi connectivity index (χ1v) is 5.31. The molecule has 0 aliphatic heterocycles. The highest BCUT2D eigenvalue weighted by Crippen LogP contribution is 2.24. The molecule has 16 heavy (non-hydrogen) atoms. The molecule has 1 amide bonds. The summed E-state index contributed by atoms with van der Waals surface area (Å²) in [7, 11) is 0. The highest BCUT2D eigenvalue weighted by atomic mass is 16.1. The summed E-state index contributed by atoms with van der Waals surface area (Å²) >= 11 is 0. The van der Waals surface area contributed by atoms with Crippen LogP contribution in [0, 0.1) is 17.8 Å². The fourth-order valence-corrected chi connectivity index (χ4v) is 1.37. The van der Waals surface area contributed by atoms with Crippen molar-refractivity contribution < 1.29 is 4.79 Å². The molecule has 1 aromatic rings. The van der Waals surface area contributed by atoms with Crippen LogP contribution in [-0.4, -0.2) is 26.5 Å². The van der Waals surface area contributed by atoms with E-state index in [1.807, 2.05) is 0 Å². The van der Waals surface area contributed by atoms with Crippen molar-refractivity contribution in [2.24, 2.45) is 5.92 Å². The minimum Gasteiger partial charge on any atom is -0.335 e. The van der Waals surface area contributed by atoms with Crippen molar-refractivity contribution in [2.45, 2.75) is 32.2 Å². The van der Waals surface area contributed by atoms with Crippen LogP contribution < -0.4 is 5.32 Å². The molecule has 0 radical (unpaired) electrons. The summed E-state index contributed by atoms with van der Waals surface area (Å²) in [5, 5.41) is 16.0. The Morgan fingerprint density at radius 3 is 3.00 bits per heavy atom. The quantitative estimate of drug-likeness (QED) is 0.695. The Morgan fingerprint density at radius 1 is 1.62 bits per heavy atom. The molecule has 1 saturated carbocycles. The van der Waals surface area contributed by atoms with Gasteiger partial charge in [0.15, 0.2) is 5.82 Å². The Kier molecular flexibility index (Phi) is 3.15. The van der Waals surface area contributed by atoms with Crippen LogP contribution in [0.2, 0.25) is 0 Å². The van der Waals surface area contributed by atoms with Crippen molar-refractivity contribution in [3.05, 3.63) is 5.82 Å². The van der Waals surface area contributed by atoms with Gasteiger partial charge in [0.2, 0.25) is 0 Å². The molecular formula is C10H13N5O. The largest absolute Gasteiger partial charge is 0.335 e. The minimum atomic E-state index is -0.288.